The molecule has 1 aromatic carbocycles. The minimum absolute atomic E-state index is 0.0743. The van der Waals surface area contributed by atoms with Crippen molar-refractivity contribution in [2.24, 2.45) is 0 Å². The van der Waals surface area contributed by atoms with Gasteiger partial charge in [-0.15, -0.1) is 0 Å². The molecular formula is C17H21F2N3O2. The van der Waals surface area contributed by atoms with Gasteiger partial charge in [0.15, 0.2) is 0 Å². The Labute approximate surface area is 139 Å². The summed E-state index contributed by atoms with van der Waals surface area (Å²) >= 11 is 0. The van der Waals surface area contributed by atoms with Crippen molar-refractivity contribution < 1.29 is 18.3 Å². The van der Waals surface area contributed by atoms with E-state index < -0.39 is 6.61 Å². The van der Waals surface area contributed by atoms with Crippen molar-refractivity contribution in [1.29, 1.82) is 0 Å². The monoisotopic (exact) mass is 337 g/mol. The molecule has 1 atom stereocenters. The summed E-state index contributed by atoms with van der Waals surface area (Å²) in [6.07, 6.45) is 5.23. The molecule has 2 heterocycles. The average molecular weight is 337 g/mol. The van der Waals surface area contributed by atoms with Gasteiger partial charge in [0, 0.05) is 43.5 Å². The molecule has 2 amide bonds. The highest BCUT2D eigenvalue weighted by Crippen LogP contribution is 2.27. The number of hydrogen-bond donors (Lipinski definition) is 1. The van der Waals surface area contributed by atoms with Gasteiger partial charge < -0.3 is 15.0 Å². The Morgan fingerprint density at radius 3 is 2.79 bits per heavy atom. The van der Waals surface area contributed by atoms with Crippen LogP contribution in [-0.2, 0) is 0 Å². The molecule has 2 aliphatic heterocycles. The third-order valence-electron chi connectivity index (χ3n) is 4.56. The van der Waals surface area contributed by atoms with Crippen LogP contribution in [0.25, 0.3) is 0 Å². The van der Waals surface area contributed by atoms with Gasteiger partial charge >= 0.3 is 12.6 Å². The first-order valence-corrected chi connectivity index (χ1v) is 8.04. The van der Waals surface area contributed by atoms with Crippen molar-refractivity contribution >= 4 is 11.7 Å². The predicted molar refractivity (Wildman–Crippen MR) is 87.5 cm³/mol. The van der Waals surface area contributed by atoms with Crippen LogP contribution in [0.2, 0.25) is 0 Å². The molecular weight excluding hydrogens is 316 g/mol. The van der Waals surface area contributed by atoms with Crippen LogP contribution in [0.5, 0.6) is 5.75 Å². The normalized spacial score (nSPS) is 20.8. The maximum absolute atomic E-state index is 12.5. The molecule has 1 saturated heterocycles. The minimum Gasteiger partial charge on any atom is -0.434 e. The molecule has 1 aromatic rings. The number of alkyl halides is 2. The van der Waals surface area contributed by atoms with E-state index in [1.165, 1.54) is 6.07 Å². The molecule has 0 spiro atoms. The number of ether oxygens (including phenoxy) is 1. The van der Waals surface area contributed by atoms with E-state index in [1.54, 1.807) is 24.0 Å². The first-order chi connectivity index (χ1) is 11.5. The number of carbonyl (C=O) groups is 1. The molecule has 7 heteroatoms. The molecule has 0 bridgehead atoms. The summed E-state index contributed by atoms with van der Waals surface area (Å²) in [5, 5.41) is 2.80. The smallest absolute Gasteiger partial charge is 0.387 e. The van der Waals surface area contributed by atoms with E-state index in [0.717, 1.165) is 19.5 Å². The Bertz CT molecular complexity index is 628. The van der Waals surface area contributed by atoms with E-state index in [-0.39, 0.29) is 11.8 Å². The molecule has 0 aliphatic carbocycles. The van der Waals surface area contributed by atoms with Crippen LogP contribution in [-0.4, -0.2) is 54.7 Å². The number of rotatable bonds is 4. The lowest BCUT2D eigenvalue weighted by Crippen LogP contribution is -2.39. The minimum atomic E-state index is -2.89. The Hall–Kier alpha value is -2.15. The van der Waals surface area contributed by atoms with Crippen LogP contribution in [0.4, 0.5) is 19.3 Å². The van der Waals surface area contributed by atoms with Gasteiger partial charge in [-0.3, -0.25) is 4.90 Å². The van der Waals surface area contributed by atoms with Crippen LogP contribution in [0.15, 0.2) is 30.4 Å². The van der Waals surface area contributed by atoms with Crippen molar-refractivity contribution in [2.45, 2.75) is 26.0 Å². The second-order valence-electron chi connectivity index (χ2n) is 6.05. The first kappa shape index (κ1) is 16.7. The fourth-order valence-corrected chi connectivity index (χ4v) is 3.18. The number of nitrogens with zero attached hydrogens (tertiary/aromatic N) is 2. The van der Waals surface area contributed by atoms with Gasteiger partial charge in [0.2, 0.25) is 0 Å². The Balaban J connectivity index is 1.61. The summed E-state index contributed by atoms with van der Waals surface area (Å²) in [5.41, 5.74) is 0.982. The summed E-state index contributed by atoms with van der Waals surface area (Å²) in [7, 11) is 0. The van der Waals surface area contributed by atoms with Crippen molar-refractivity contribution in [3.05, 3.63) is 35.9 Å². The van der Waals surface area contributed by atoms with Crippen molar-refractivity contribution in [1.82, 2.24) is 9.80 Å². The molecule has 1 fully saturated rings. The van der Waals surface area contributed by atoms with Gasteiger partial charge in [0.05, 0.1) is 0 Å². The maximum Gasteiger partial charge on any atom is 0.387 e. The largest absolute Gasteiger partial charge is 0.434 e. The molecule has 1 N–H and O–H groups in total. The van der Waals surface area contributed by atoms with Gasteiger partial charge in [-0.25, -0.2) is 4.79 Å². The van der Waals surface area contributed by atoms with E-state index in [9.17, 15) is 13.6 Å². The third-order valence-corrected chi connectivity index (χ3v) is 4.56. The number of likely N-dealkylation sites (tertiary alicyclic amines) is 1. The number of urea groups is 1. The van der Waals surface area contributed by atoms with E-state index in [4.69, 9.17) is 0 Å². The fourth-order valence-electron chi connectivity index (χ4n) is 3.18. The SMILES string of the molecule is Cc1c(NC(=O)N2CC[C@@H](N3CC=CC3)C2)cccc1OC(F)F. The maximum atomic E-state index is 12.5. The Morgan fingerprint density at radius 1 is 1.33 bits per heavy atom. The van der Waals surface area contributed by atoms with Gasteiger partial charge in [-0.1, -0.05) is 18.2 Å². The molecule has 0 saturated carbocycles. The van der Waals surface area contributed by atoms with E-state index in [0.29, 0.717) is 30.4 Å². The number of halogens is 2. The molecule has 0 radical (unpaired) electrons. The fraction of sp³-hybridized carbons (Fsp3) is 0.471. The number of amides is 2. The number of benzene rings is 1. The summed E-state index contributed by atoms with van der Waals surface area (Å²) in [6, 6.07) is 4.90. The van der Waals surface area contributed by atoms with Crippen LogP contribution >= 0.6 is 0 Å². The second kappa shape index (κ2) is 7.17. The van der Waals surface area contributed by atoms with E-state index in [1.807, 2.05) is 0 Å². The van der Waals surface area contributed by atoms with Crippen LogP contribution < -0.4 is 10.1 Å². The molecule has 0 aromatic heterocycles. The number of anilines is 1. The Kier molecular flexibility index (Phi) is 4.99. The second-order valence-corrected chi connectivity index (χ2v) is 6.05. The van der Waals surface area contributed by atoms with Gasteiger partial charge in [-0.05, 0) is 25.5 Å². The molecule has 5 nitrogen and oxygen atoms in total. The highest BCUT2D eigenvalue weighted by atomic mass is 19.3. The summed E-state index contributed by atoms with van der Waals surface area (Å²) < 4.78 is 29.3. The summed E-state index contributed by atoms with van der Waals surface area (Å²) in [5.74, 6) is 0.0743. The van der Waals surface area contributed by atoms with Crippen LogP contribution in [0, 0.1) is 6.92 Å². The molecule has 24 heavy (non-hydrogen) atoms. The van der Waals surface area contributed by atoms with Crippen molar-refractivity contribution in [3.8, 4) is 5.75 Å². The zero-order valence-electron chi connectivity index (χ0n) is 13.5. The standard InChI is InChI=1S/C17H21F2N3O2/c1-12-14(5-4-6-15(12)24-16(18)19)20-17(23)22-10-7-13(11-22)21-8-2-3-9-21/h2-6,13,16H,7-11H2,1H3,(H,20,23)/t13-/m1/s1. The Morgan fingerprint density at radius 2 is 2.08 bits per heavy atom. The zero-order valence-corrected chi connectivity index (χ0v) is 13.5. The van der Waals surface area contributed by atoms with E-state index in [2.05, 4.69) is 27.1 Å². The summed E-state index contributed by atoms with van der Waals surface area (Å²) in [6.45, 7) is 2.01. The van der Waals surface area contributed by atoms with Crippen molar-refractivity contribution in [2.75, 3.05) is 31.5 Å². The zero-order chi connectivity index (χ0) is 17.1. The highest BCUT2D eigenvalue weighted by Gasteiger charge is 2.30. The van der Waals surface area contributed by atoms with Gasteiger partial charge in [-0.2, -0.15) is 8.78 Å². The predicted octanol–water partition coefficient (Wildman–Crippen LogP) is 3.07. The quantitative estimate of drug-likeness (QED) is 0.859. The number of hydrogen-bond acceptors (Lipinski definition) is 3. The third kappa shape index (κ3) is 3.67. The number of carbonyl (C=O) groups excluding carboxylic acids is 1. The first-order valence-electron chi connectivity index (χ1n) is 8.04. The molecule has 130 valence electrons. The lowest BCUT2D eigenvalue weighted by Gasteiger charge is -2.24. The van der Waals surface area contributed by atoms with Crippen LogP contribution in [0.3, 0.4) is 0 Å². The van der Waals surface area contributed by atoms with Gasteiger partial charge in [0.1, 0.15) is 5.75 Å². The van der Waals surface area contributed by atoms with Crippen LogP contribution in [0.1, 0.15) is 12.0 Å². The number of nitrogens with one attached hydrogen (secondary N) is 1. The molecule has 2 aliphatic rings. The van der Waals surface area contributed by atoms with E-state index >= 15 is 0 Å². The average Bonchev–Trinajstić information content (AvgIpc) is 3.21. The lowest BCUT2D eigenvalue weighted by atomic mass is 10.2. The van der Waals surface area contributed by atoms with Crippen molar-refractivity contribution in [3.63, 3.8) is 0 Å². The summed E-state index contributed by atoms with van der Waals surface area (Å²) in [4.78, 5) is 16.6. The molecule has 3 rings (SSSR count). The lowest BCUT2D eigenvalue weighted by molar-refractivity contribution is -0.0502. The molecule has 0 unspecified atom stereocenters. The highest BCUT2D eigenvalue weighted by molar-refractivity contribution is 5.90. The van der Waals surface area contributed by atoms with Gasteiger partial charge in [0.25, 0.3) is 0 Å². The topological polar surface area (TPSA) is 44.8 Å².